The van der Waals surface area contributed by atoms with Crippen LogP contribution in [-0.2, 0) is 11.2 Å². The minimum Gasteiger partial charge on any atom is -0.478 e. The van der Waals surface area contributed by atoms with E-state index in [0.717, 1.165) is 11.1 Å². The quantitative estimate of drug-likeness (QED) is 0.851. The molecular formula is C16H12O4. The van der Waals surface area contributed by atoms with Gasteiger partial charge in [0.15, 0.2) is 0 Å². The van der Waals surface area contributed by atoms with Crippen molar-refractivity contribution < 1.29 is 19.4 Å². The molecule has 0 aliphatic carbocycles. The van der Waals surface area contributed by atoms with Crippen LogP contribution >= 0.6 is 0 Å². The number of fused-ring (bicyclic) bond motifs is 1. The number of esters is 1. The second-order valence-corrected chi connectivity index (χ2v) is 4.69. The van der Waals surface area contributed by atoms with Crippen molar-refractivity contribution >= 4 is 11.9 Å². The highest BCUT2D eigenvalue weighted by atomic mass is 16.5. The molecule has 2 aromatic carbocycles. The Bertz CT molecular complexity index is 676. The number of ether oxygens (including phenoxy) is 1. The summed E-state index contributed by atoms with van der Waals surface area (Å²) in [7, 11) is 0. The maximum absolute atomic E-state index is 12.0. The second kappa shape index (κ2) is 4.81. The van der Waals surface area contributed by atoms with Crippen molar-refractivity contribution in [3.05, 3.63) is 70.8 Å². The molecule has 0 saturated heterocycles. The number of carboxylic acids is 1. The fourth-order valence-corrected chi connectivity index (χ4v) is 2.38. The lowest BCUT2D eigenvalue weighted by atomic mass is 9.93. The van der Waals surface area contributed by atoms with Crippen molar-refractivity contribution in [2.24, 2.45) is 0 Å². The number of hydrogen-bond acceptors (Lipinski definition) is 3. The van der Waals surface area contributed by atoms with Crippen LogP contribution < -0.4 is 0 Å². The molecule has 0 saturated carbocycles. The maximum atomic E-state index is 12.0. The van der Waals surface area contributed by atoms with E-state index in [1.54, 1.807) is 6.07 Å². The van der Waals surface area contributed by atoms with Gasteiger partial charge in [-0.1, -0.05) is 30.3 Å². The van der Waals surface area contributed by atoms with Crippen LogP contribution in [0.1, 0.15) is 37.9 Å². The van der Waals surface area contributed by atoms with Gasteiger partial charge in [0.1, 0.15) is 6.10 Å². The Labute approximate surface area is 115 Å². The van der Waals surface area contributed by atoms with Crippen molar-refractivity contribution in [3.8, 4) is 0 Å². The van der Waals surface area contributed by atoms with Crippen molar-refractivity contribution in [1.29, 1.82) is 0 Å². The lowest BCUT2D eigenvalue weighted by Gasteiger charge is -2.25. The van der Waals surface area contributed by atoms with Gasteiger partial charge in [0.25, 0.3) is 0 Å². The van der Waals surface area contributed by atoms with Crippen molar-refractivity contribution in [2.45, 2.75) is 12.5 Å². The minimum absolute atomic E-state index is 0.185. The van der Waals surface area contributed by atoms with Gasteiger partial charge in [-0.15, -0.1) is 0 Å². The number of rotatable bonds is 2. The summed E-state index contributed by atoms with van der Waals surface area (Å²) in [5, 5.41) is 9.02. The zero-order chi connectivity index (χ0) is 14.1. The van der Waals surface area contributed by atoms with E-state index < -0.39 is 11.9 Å². The molecule has 20 heavy (non-hydrogen) atoms. The lowest BCUT2D eigenvalue weighted by molar-refractivity contribution is 0.0252. The monoisotopic (exact) mass is 268 g/mol. The van der Waals surface area contributed by atoms with E-state index >= 15 is 0 Å². The number of cyclic esters (lactones) is 1. The molecule has 0 aromatic heterocycles. The Morgan fingerprint density at radius 1 is 1.15 bits per heavy atom. The summed E-state index contributed by atoms with van der Waals surface area (Å²) < 4.78 is 5.41. The van der Waals surface area contributed by atoms with Gasteiger partial charge in [-0.05, 0) is 29.3 Å². The van der Waals surface area contributed by atoms with E-state index in [9.17, 15) is 9.59 Å². The van der Waals surface area contributed by atoms with E-state index in [4.69, 9.17) is 9.84 Å². The van der Waals surface area contributed by atoms with E-state index in [2.05, 4.69) is 0 Å². The van der Waals surface area contributed by atoms with Gasteiger partial charge in [0, 0.05) is 6.42 Å². The first-order valence-electron chi connectivity index (χ1n) is 6.27. The first kappa shape index (κ1) is 12.4. The minimum atomic E-state index is -0.997. The van der Waals surface area contributed by atoms with Gasteiger partial charge in [-0.25, -0.2) is 9.59 Å². The van der Waals surface area contributed by atoms with E-state index in [0.29, 0.717) is 12.0 Å². The predicted molar refractivity (Wildman–Crippen MR) is 71.7 cm³/mol. The zero-order valence-electron chi connectivity index (χ0n) is 10.6. The fourth-order valence-electron chi connectivity index (χ4n) is 2.38. The van der Waals surface area contributed by atoms with Crippen LogP contribution in [0.4, 0.5) is 0 Å². The molecule has 4 heteroatoms. The SMILES string of the molecule is O=C(O)c1ccc2c(c1)C[C@@H](c1ccccc1)OC2=O. The van der Waals surface area contributed by atoms with E-state index in [1.165, 1.54) is 12.1 Å². The molecule has 1 atom stereocenters. The fraction of sp³-hybridized carbons (Fsp3) is 0.125. The first-order chi connectivity index (χ1) is 9.65. The average molecular weight is 268 g/mol. The van der Waals surface area contributed by atoms with Crippen LogP contribution in [0.5, 0.6) is 0 Å². The van der Waals surface area contributed by atoms with Crippen molar-refractivity contribution in [2.75, 3.05) is 0 Å². The molecule has 0 unspecified atom stereocenters. The highest BCUT2D eigenvalue weighted by Crippen LogP contribution is 2.30. The van der Waals surface area contributed by atoms with Gasteiger partial charge >= 0.3 is 11.9 Å². The summed E-state index contributed by atoms with van der Waals surface area (Å²) in [6, 6.07) is 13.9. The molecule has 1 aliphatic rings. The summed E-state index contributed by atoms with van der Waals surface area (Å²) in [5.41, 5.74) is 2.26. The normalized spacial score (nSPS) is 17.2. The summed E-state index contributed by atoms with van der Waals surface area (Å²) in [6.07, 6.45) is 0.131. The first-order valence-corrected chi connectivity index (χ1v) is 6.27. The van der Waals surface area contributed by atoms with Crippen LogP contribution in [0.15, 0.2) is 48.5 Å². The molecule has 0 radical (unpaired) electrons. The lowest BCUT2D eigenvalue weighted by Crippen LogP contribution is -2.22. The molecule has 1 heterocycles. The second-order valence-electron chi connectivity index (χ2n) is 4.69. The molecule has 0 fully saturated rings. The summed E-state index contributed by atoms with van der Waals surface area (Å²) in [4.78, 5) is 23.0. The molecule has 0 bridgehead atoms. The smallest absolute Gasteiger partial charge is 0.339 e. The maximum Gasteiger partial charge on any atom is 0.339 e. The molecule has 2 aromatic rings. The standard InChI is InChI=1S/C16H12O4/c17-15(18)11-6-7-13-12(8-11)9-14(20-16(13)19)10-4-2-1-3-5-10/h1-8,14H,9H2,(H,17,18)/t14-/m0/s1. The number of carbonyl (C=O) groups is 2. The molecule has 0 amide bonds. The Morgan fingerprint density at radius 2 is 1.90 bits per heavy atom. The third kappa shape index (κ3) is 2.16. The summed E-state index contributed by atoms with van der Waals surface area (Å²) in [6.45, 7) is 0. The van der Waals surface area contributed by atoms with Gasteiger partial charge in [-0.3, -0.25) is 0 Å². The number of aromatic carboxylic acids is 1. The van der Waals surface area contributed by atoms with Crippen molar-refractivity contribution in [1.82, 2.24) is 0 Å². The molecule has 4 nitrogen and oxygen atoms in total. The molecule has 1 N–H and O–H groups in total. The number of benzene rings is 2. The highest BCUT2D eigenvalue weighted by molar-refractivity contribution is 5.95. The van der Waals surface area contributed by atoms with Crippen LogP contribution in [0.3, 0.4) is 0 Å². The van der Waals surface area contributed by atoms with Gasteiger partial charge in [-0.2, -0.15) is 0 Å². The summed E-state index contributed by atoms with van der Waals surface area (Å²) >= 11 is 0. The largest absolute Gasteiger partial charge is 0.478 e. The molecular weight excluding hydrogens is 256 g/mol. The number of carbonyl (C=O) groups excluding carboxylic acids is 1. The van der Waals surface area contributed by atoms with Crippen LogP contribution in [0, 0.1) is 0 Å². The molecule has 100 valence electrons. The average Bonchev–Trinajstić information content (AvgIpc) is 2.47. The number of carboxylic acid groups (broad SMARTS) is 1. The van der Waals surface area contributed by atoms with E-state index in [1.807, 2.05) is 30.3 Å². The van der Waals surface area contributed by atoms with Crippen LogP contribution in [0.25, 0.3) is 0 Å². The van der Waals surface area contributed by atoms with Gasteiger partial charge < -0.3 is 9.84 Å². The van der Waals surface area contributed by atoms with Crippen LogP contribution in [-0.4, -0.2) is 17.0 Å². The Morgan fingerprint density at radius 3 is 2.60 bits per heavy atom. The van der Waals surface area contributed by atoms with E-state index in [-0.39, 0.29) is 11.7 Å². The zero-order valence-corrected chi connectivity index (χ0v) is 10.6. The molecule has 1 aliphatic heterocycles. The van der Waals surface area contributed by atoms with Crippen molar-refractivity contribution in [3.63, 3.8) is 0 Å². The third-order valence-electron chi connectivity index (χ3n) is 3.40. The predicted octanol–water partition coefficient (Wildman–Crippen LogP) is 2.84. The third-order valence-corrected chi connectivity index (χ3v) is 3.40. The Balaban J connectivity index is 1.99. The topological polar surface area (TPSA) is 63.6 Å². The van der Waals surface area contributed by atoms with Gasteiger partial charge in [0.2, 0.25) is 0 Å². The highest BCUT2D eigenvalue weighted by Gasteiger charge is 2.27. The molecule has 0 spiro atoms. The Kier molecular flexibility index (Phi) is 2.99. The number of hydrogen-bond donors (Lipinski definition) is 1. The van der Waals surface area contributed by atoms with Crippen LogP contribution in [0.2, 0.25) is 0 Å². The van der Waals surface area contributed by atoms with Gasteiger partial charge in [0.05, 0.1) is 11.1 Å². The Hall–Kier alpha value is -2.62. The molecule has 3 rings (SSSR count). The summed E-state index contributed by atoms with van der Waals surface area (Å²) in [5.74, 6) is -1.40.